The lowest BCUT2D eigenvalue weighted by molar-refractivity contribution is -0.116. The summed E-state index contributed by atoms with van der Waals surface area (Å²) in [7, 11) is 0. The standard InChI is InChI=1S/C29H27N3O6S2/c1-3-36-28(35)25-17(2)24-26(40-25)30-29(32(27(24)34)14-18-10-11-21-22(13-18)38-16-37-21)39-15-23(33)31-12-6-8-19-7-4-5-9-20(19)31/h4-5,7,9-11,13H,3,6,8,12,14-16H2,1-2H3. The fraction of sp³-hybridized carbons (Fsp3) is 0.310. The van der Waals surface area contributed by atoms with Crippen LogP contribution in [0.4, 0.5) is 5.69 Å². The fourth-order valence-corrected chi connectivity index (χ4v) is 7.05. The van der Waals surface area contributed by atoms with Crippen molar-refractivity contribution in [2.24, 2.45) is 0 Å². The molecule has 0 bridgehead atoms. The van der Waals surface area contributed by atoms with Crippen molar-refractivity contribution in [3.8, 4) is 11.5 Å². The van der Waals surface area contributed by atoms with Gasteiger partial charge in [0.2, 0.25) is 12.7 Å². The summed E-state index contributed by atoms with van der Waals surface area (Å²) in [4.78, 5) is 47.3. The SMILES string of the molecule is CCOC(=O)c1sc2nc(SCC(=O)N3CCCc4ccccc43)n(Cc3ccc4c(c3)OCO4)c(=O)c2c1C. The molecular formula is C29H27N3O6S2. The van der Waals surface area contributed by atoms with Gasteiger partial charge in [-0.3, -0.25) is 14.2 Å². The maximum absolute atomic E-state index is 13.9. The normalized spacial score (nSPS) is 13.9. The highest BCUT2D eigenvalue weighted by molar-refractivity contribution is 7.99. The van der Waals surface area contributed by atoms with Gasteiger partial charge in [0.15, 0.2) is 16.7 Å². The van der Waals surface area contributed by atoms with Crippen LogP contribution >= 0.6 is 23.1 Å². The van der Waals surface area contributed by atoms with Crippen LogP contribution in [0, 0.1) is 6.92 Å². The number of rotatable bonds is 7. The number of thiophene rings is 1. The number of ether oxygens (including phenoxy) is 3. The van der Waals surface area contributed by atoms with E-state index in [0.717, 1.165) is 41.0 Å². The molecule has 2 aliphatic heterocycles. The third-order valence-corrected chi connectivity index (χ3v) is 9.12. The van der Waals surface area contributed by atoms with Crippen LogP contribution in [0.5, 0.6) is 11.5 Å². The molecule has 0 unspecified atom stereocenters. The number of fused-ring (bicyclic) bond motifs is 3. The predicted molar refractivity (Wildman–Crippen MR) is 154 cm³/mol. The molecule has 2 aromatic carbocycles. The van der Waals surface area contributed by atoms with Crippen molar-refractivity contribution in [2.45, 2.75) is 38.4 Å². The number of hydrogen-bond donors (Lipinski definition) is 0. The van der Waals surface area contributed by atoms with Crippen LogP contribution in [-0.4, -0.2) is 47.1 Å². The maximum Gasteiger partial charge on any atom is 0.348 e. The maximum atomic E-state index is 13.9. The number of nitrogens with zero attached hydrogens (tertiary/aromatic N) is 3. The van der Waals surface area contributed by atoms with Crippen molar-refractivity contribution in [1.82, 2.24) is 9.55 Å². The molecule has 9 nitrogen and oxygen atoms in total. The first-order valence-corrected chi connectivity index (χ1v) is 14.9. The molecule has 0 radical (unpaired) electrons. The third kappa shape index (κ3) is 4.84. The second-order valence-corrected chi connectivity index (χ2v) is 11.4. The summed E-state index contributed by atoms with van der Waals surface area (Å²) in [6.07, 6.45) is 1.85. The summed E-state index contributed by atoms with van der Waals surface area (Å²) in [5.41, 5.74) is 3.20. The lowest BCUT2D eigenvalue weighted by atomic mass is 10.0. The van der Waals surface area contributed by atoms with E-state index in [9.17, 15) is 14.4 Å². The molecule has 40 heavy (non-hydrogen) atoms. The van der Waals surface area contributed by atoms with E-state index in [1.165, 1.54) is 11.8 Å². The quantitative estimate of drug-likeness (QED) is 0.176. The van der Waals surface area contributed by atoms with Crippen LogP contribution in [0.1, 0.15) is 39.7 Å². The number of benzene rings is 2. The number of anilines is 1. The van der Waals surface area contributed by atoms with E-state index >= 15 is 0 Å². The molecule has 0 aliphatic carbocycles. The van der Waals surface area contributed by atoms with Gasteiger partial charge in [0.1, 0.15) is 9.71 Å². The molecule has 0 saturated carbocycles. The number of hydrogen-bond acceptors (Lipinski definition) is 9. The van der Waals surface area contributed by atoms with Crippen molar-refractivity contribution in [2.75, 3.05) is 30.6 Å². The van der Waals surface area contributed by atoms with Gasteiger partial charge in [-0.05, 0) is 61.6 Å². The lowest BCUT2D eigenvalue weighted by Crippen LogP contribution is -2.36. The number of amides is 1. The van der Waals surface area contributed by atoms with Gasteiger partial charge in [-0.15, -0.1) is 11.3 Å². The Labute approximate surface area is 238 Å². The zero-order valence-corrected chi connectivity index (χ0v) is 23.7. The van der Waals surface area contributed by atoms with Crippen LogP contribution in [0.15, 0.2) is 52.4 Å². The number of esters is 1. The largest absolute Gasteiger partial charge is 0.462 e. The average molecular weight is 578 g/mol. The molecule has 1 amide bonds. The summed E-state index contributed by atoms with van der Waals surface area (Å²) in [6, 6.07) is 13.5. The third-order valence-electron chi connectivity index (χ3n) is 6.99. The van der Waals surface area contributed by atoms with Gasteiger partial charge >= 0.3 is 5.97 Å². The Kier molecular flexibility index (Phi) is 7.24. The molecule has 0 saturated heterocycles. The Morgan fingerprint density at radius 1 is 1.15 bits per heavy atom. The van der Waals surface area contributed by atoms with Gasteiger partial charge in [-0.2, -0.15) is 0 Å². The van der Waals surface area contributed by atoms with E-state index in [2.05, 4.69) is 6.07 Å². The van der Waals surface area contributed by atoms with Crippen LogP contribution in [-0.2, 0) is 22.5 Å². The zero-order chi connectivity index (χ0) is 27.8. The summed E-state index contributed by atoms with van der Waals surface area (Å²) >= 11 is 2.37. The first kappa shape index (κ1) is 26.4. The Morgan fingerprint density at radius 2 is 1.98 bits per heavy atom. The predicted octanol–water partition coefficient (Wildman–Crippen LogP) is 4.79. The van der Waals surface area contributed by atoms with Gasteiger partial charge in [0, 0.05) is 12.2 Å². The van der Waals surface area contributed by atoms with Crippen molar-refractivity contribution in [3.63, 3.8) is 0 Å². The molecule has 4 heterocycles. The smallest absolute Gasteiger partial charge is 0.348 e. The Bertz CT molecular complexity index is 1700. The van der Waals surface area contributed by atoms with E-state index in [-0.39, 0.29) is 37.2 Å². The number of para-hydroxylation sites is 1. The highest BCUT2D eigenvalue weighted by atomic mass is 32.2. The summed E-state index contributed by atoms with van der Waals surface area (Å²) in [6.45, 7) is 4.73. The molecule has 0 fully saturated rings. The molecule has 0 N–H and O–H groups in total. The molecule has 4 aromatic rings. The average Bonchev–Trinajstić information content (AvgIpc) is 3.57. The van der Waals surface area contributed by atoms with E-state index < -0.39 is 5.97 Å². The molecule has 11 heteroatoms. The number of aryl methyl sites for hydroxylation is 2. The second kappa shape index (κ2) is 11.0. The molecule has 6 rings (SSSR count). The Morgan fingerprint density at radius 3 is 2.83 bits per heavy atom. The van der Waals surface area contributed by atoms with Gasteiger partial charge in [0.25, 0.3) is 5.56 Å². The number of thioether (sulfide) groups is 1. The van der Waals surface area contributed by atoms with Gasteiger partial charge in [-0.1, -0.05) is 36.0 Å². The number of carbonyl (C=O) groups is 2. The second-order valence-electron chi connectivity index (χ2n) is 9.50. The number of aromatic nitrogens is 2. The molecule has 0 spiro atoms. The molecule has 206 valence electrons. The van der Waals surface area contributed by atoms with Crippen molar-refractivity contribution in [1.29, 1.82) is 0 Å². The van der Waals surface area contributed by atoms with Crippen molar-refractivity contribution < 1.29 is 23.8 Å². The number of carbonyl (C=O) groups excluding carboxylic acids is 2. The van der Waals surface area contributed by atoms with E-state index in [0.29, 0.717) is 43.9 Å². The zero-order valence-electron chi connectivity index (χ0n) is 22.1. The van der Waals surface area contributed by atoms with Gasteiger partial charge in [0.05, 0.1) is 24.3 Å². The van der Waals surface area contributed by atoms with Crippen molar-refractivity contribution >= 4 is 50.9 Å². The summed E-state index contributed by atoms with van der Waals surface area (Å²) in [5, 5.41) is 0.792. The minimum atomic E-state index is -0.474. The van der Waals surface area contributed by atoms with E-state index in [1.54, 1.807) is 18.4 Å². The Hall–Kier alpha value is -3.83. The lowest BCUT2D eigenvalue weighted by Gasteiger charge is -2.29. The summed E-state index contributed by atoms with van der Waals surface area (Å²) in [5.74, 6) is 0.861. The first-order chi connectivity index (χ1) is 19.4. The van der Waals surface area contributed by atoms with Crippen molar-refractivity contribution in [3.05, 3.63) is 74.4 Å². The molecule has 2 aliphatic rings. The summed E-state index contributed by atoms with van der Waals surface area (Å²) < 4.78 is 17.7. The van der Waals surface area contributed by atoms with Gasteiger partial charge in [-0.25, -0.2) is 9.78 Å². The van der Waals surface area contributed by atoms with Crippen LogP contribution in [0.2, 0.25) is 0 Å². The highest BCUT2D eigenvalue weighted by Gasteiger charge is 2.26. The van der Waals surface area contributed by atoms with E-state index in [1.807, 2.05) is 41.3 Å². The van der Waals surface area contributed by atoms with Crippen LogP contribution < -0.4 is 19.9 Å². The molecule has 0 atom stereocenters. The minimum Gasteiger partial charge on any atom is -0.462 e. The minimum absolute atomic E-state index is 0.0456. The first-order valence-electron chi connectivity index (χ1n) is 13.0. The van der Waals surface area contributed by atoms with Crippen LogP contribution in [0.25, 0.3) is 10.2 Å². The van der Waals surface area contributed by atoms with E-state index in [4.69, 9.17) is 19.2 Å². The van der Waals surface area contributed by atoms with Crippen LogP contribution in [0.3, 0.4) is 0 Å². The monoisotopic (exact) mass is 577 g/mol. The highest BCUT2D eigenvalue weighted by Crippen LogP contribution is 2.34. The molecular weight excluding hydrogens is 550 g/mol. The topological polar surface area (TPSA) is 100.0 Å². The molecule has 2 aromatic heterocycles. The fourth-order valence-electron chi connectivity index (χ4n) is 5.06. The Balaban J connectivity index is 1.37. The van der Waals surface area contributed by atoms with Gasteiger partial charge < -0.3 is 19.1 Å².